The van der Waals surface area contributed by atoms with Crippen LogP contribution in [0, 0.1) is 6.92 Å². The largest absolute Gasteiger partial charge is 0.354 e. The minimum absolute atomic E-state index is 0.0775. The van der Waals surface area contributed by atoms with Gasteiger partial charge in [-0.3, -0.25) is 9.59 Å². The predicted molar refractivity (Wildman–Crippen MR) is 119 cm³/mol. The lowest BCUT2D eigenvalue weighted by Gasteiger charge is -2.31. The van der Waals surface area contributed by atoms with Gasteiger partial charge in [0.2, 0.25) is 11.8 Å². The number of unbranched alkanes of at least 4 members (excludes halogenated alkanes) is 1. The lowest BCUT2D eigenvalue weighted by Crippen LogP contribution is -2.49. The number of nitrogens with one attached hydrogen (secondary N) is 1. The van der Waals surface area contributed by atoms with Crippen molar-refractivity contribution in [2.75, 3.05) is 6.54 Å². The first-order chi connectivity index (χ1) is 13.9. The van der Waals surface area contributed by atoms with Crippen molar-refractivity contribution in [2.45, 2.75) is 59.0 Å². The fraction of sp³-hybridized carbons (Fsp3) is 0.417. The molecule has 0 spiro atoms. The second kappa shape index (κ2) is 11.6. The Balaban J connectivity index is 2.25. The van der Waals surface area contributed by atoms with E-state index in [0.717, 1.165) is 29.5 Å². The third-order valence-corrected chi connectivity index (χ3v) is 5.13. The van der Waals surface area contributed by atoms with Gasteiger partial charge >= 0.3 is 0 Å². The Morgan fingerprint density at radius 1 is 1.07 bits per heavy atom. The van der Waals surface area contributed by atoms with Crippen molar-refractivity contribution in [3.63, 3.8) is 0 Å². The molecule has 29 heavy (non-hydrogen) atoms. The number of aryl methyl sites for hydroxylation is 1. The van der Waals surface area contributed by atoms with Gasteiger partial charge in [0.1, 0.15) is 6.04 Å². The lowest BCUT2D eigenvalue weighted by atomic mass is 10.1. The van der Waals surface area contributed by atoms with E-state index in [1.165, 1.54) is 0 Å². The average molecular weight is 415 g/mol. The number of hydrogen-bond donors (Lipinski definition) is 1. The van der Waals surface area contributed by atoms with Gasteiger partial charge in [0.05, 0.1) is 6.42 Å². The number of carbonyl (C=O) groups is 2. The van der Waals surface area contributed by atoms with E-state index in [1.54, 1.807) is 17.0 Å². The van der Waals surface area contributed by atoms with Crippen LogP contribution in [0.2, 0.25) is 5.02 Å². The molecule has 0 bridgehead atoms. The molecule has 0 aromatic heterocycles. The van der Waals surface area contributed by atoms with E-state index in [0.29, 0.717) is 24.5 Å². The summed E-state index contributed by atoms with van der Waals surface area (Å²) >= 11 is 6.08. The second-order valence-corrected chi connectivity index (χ2v) is 7.82. The van der Waals surface area contributed by atoms with Crippen LogP contribution in [-0.2, 0) is 22.6 Å². The van der Waals surface area contributed by atoms with Crippen LogP contribution in [0.15, 0.2) is 48.5 Å². The molecule has 0 heterocycles. The monoisotopic (exact) mass is 414 g/mol. The highest BCUT2D eigenvalue weighted by atomic mass is 35.5. The Labute approximate surface area is 179 Å². The van der Waals surface area contributed by atoms with Crippen molar-refractivity contribution in [3.8, 4) is 0 Å². The second-order valence-electron chi connectivity index (χ2n) is 7.39. The van der Waals surface area contributed by atoms with Gasteiger partial charge in [0.15, 0.2) is 0 Å². The number of benzene rings is 2. The Hall–Kier alpha value is -2.33. The van der Waals surface area contributed by atoms with Gasteiger partial charge in [0.25, 0.3) is 0 Å². The van der Waals surface area contributed by atoms with Gasteiger partial charge in [-0.1, -0.05) is 73.8 Å². The molecule has 1 N–H and O–H groups in total. The summed E-state index contributed by atoms with van der Waals surface area (Å²) < 4.78 is 0. The maximum absolute atomic E-state index is 13.3. The number of amides is 2. The number of nitrogens with zero attached hydrogens (tertiary/aromatic N) is 1. The first kappa shape index (κ1) is 23.0. The molecule has 2 aromatic carbocycles. The minimum Gasteiger partial charge on any atom is -0.354 e. The lowest BCUT2D eigenvalue weighted by molar-refractivity contribution is -0.140. The Kier molecular flexibility index (Phi) is 9.20. The quantitative estimate of drug-likeness (QED) is 0.561. The molecular weight excluding hydrogens is 384 g/mol. The topological polar surface area (TPSA) is 49.4 Å². The Morgan fingerprint density at radius 3 is 2.45 bits per heavy atom. The van der Waals surface area contributed by atoms with Crippen LogP contribution in [0.1, 0.15) is 49.8 Å². The third-order valence-electron chi connectivity index (χ3n) is 4.90. The highest BCUT2D eigenvalue weighted by Gasteiger charge is 2.28. The van der Waals surface area contributed by atoms with E-state index in [9.17, 15) is 9.59 Å². The summed E-state index contributed by atoms with van der Waals surface area (Å²) in [6.45, 7) is 7.09. The van der Waals surface area contributed by atoms with Gasteiger partial charge in [0, 0.05) is 18.1 Å². The molecule has 1 atom stereocenters. The molecule has 5 heteroatoms. The zero-order valence-electron chi connectivity index (χ0n) is 17.6. The highest BCUT2D eigenvalue weighted by Crippen LogP contribution is 2.17. The summed E-state index contributed by atoms with van der Waals surface area (Å²) in [6.07, 6.45) is 2.71. The van der Waals surface area contributed by atoms with Crippen molar-refractivity contribution >= 4 is 23.4 Å². The highest BCUT2D eigenvalue weighted by molar-refractivity contribution is 6.30. The van der Waals surface area contributed by atoms with Gasteiger partial charge in [-0.2, -0.15) is 0 Å². The molecule has 2 rings (SSSR count). The summed E-state index contributed by atoms with van der Waals surface area (Å²) in [5, 5.41) is 3.59. The van der Waals surface area contributed by atoms with E-state index < -0.39 is 6.04 Å². The van der Waals surface area contributed by atoms with Crippen LogP contribution < -0.4 is 5.32 Å². The minimum atomic E-state index is -0.501. The molecule has 156 valence electrons. The van der Waals surface area contributed by atoms with Crippen LogP contribution in [0.4, 0.5) is 0 Å². The average Bonchev–Trinajstić information content (AvgIpc) is 2.68. The van der Waals surface area contributed by atoms with Crippen molar-refractivity contribution < 1.29 is 9.59 Å². The third kappa shape index (κ3) is 7.21. The molecule has 2 amide bonds. The molecule has 0 saturated heterocycles. The van der Waals surface area contributed by atoms with E-state index >= 15 is 0 Å². The molecule has 4 nitrogen and oxygen atoms in total. The van der Waals surface area contributed by atoms with Crippen molar-refractivity contribution in [3.05, 3.63) is 70.2 Å². The summed E-state index contributed by atoms with van der Waals surface area (Å²) in [7, 11) is 0. The van der Waals surface area contributed by atoms with Crippen LogP contribution in [0.5, 0.6) is 0 Å². The molecular formula is C24H31ClN2O2. The predicted octanol–water partition coefficient (Wildman–Crippen LogP) is 4.91. The standard InChI is InChI=1S/C24H31ClN2O2/c1-4-6-13-26-24(29)22(5-2)27(17-20-11-7-9-18(3)14-20)23(28)16-19-10-8-12-21(25)15-19/h7-12,14-15,22H,4-6,13,16-17H2,1-3H3,(H,26,29). The normalized spacial score (nSPS) is 11.7. The zero-order chi connectivity index (χ0) is 21.2. The Morgan fingerprint density at radius 2 is 1.79 bits per heavy atom. The number of carbonyl (C=O) groups excluding carboxylic acids is 2. The summed E-state index contributed by atoms with van der Waals surface area (Å²) in [4.78, 5) is 27.8. The van der Waals surface area contributed by atoms with E-state index in [4.69, 9.17) is 11.6 Å². The first-order valence-electron chi connectivity index (χ1n) is 10.3. The SMILES string of the molecule is CCCCNC(=O)C(CC)N(Cc1cccc(C)c1)C(=O)Cc1cccc(Cl)c1. The van der Waals surface area contributed by atoms with Gasteiger partial charge < -0.3 is 10.2 Å². The van der Waals surface area contributed by atoms with E-state index in [-0.39, 0.29) is 18.2 Å². The fourth-order valence-electron chi connectivity index (χ4n) is 3.36. The van der Waals surface area contributed by atoms with E-state index in [1.807, 2.05) is 44.2 Å². The summed E-state index contributed by atoms with van der Waals surface area (Å²) in [5.74, 6) is -0.167. The maximum atomic E-state index is 13.3. The molecule has 0 saturated carbocycles. The van der Waals surface area contributed by atoms with Gasteiger partial charge in [-0.15, -0.1) is 0 Å². The summed E-state index contributed by atoms with van der Waals surface area (Å²) in [6, 6.07) is 14.9. The number of rotatable bonds is 10. The molecule has 0 aliphatic rings. The van der Waals surface area contributed by atoms with Gasteiger partial charge in [-0.05, 0) is 43.0 Å². The maximum Gasteiger partial charge on any atom is 0.242 e. The van der Waals surface area contributed by atoms with E-state index in [2.05, 4.69) is 18.3 Å². The molecule has 1 unspecified atom stereocenters. The summed E-state index contributed by atoms with van der Waals surface area (Å²) in [5.41, 5.74) is 2.99. The van der Waals surface area contributed by atoms with Crippen LogP contribution in [0.25, 0.3) is 0 Å². The molecule has 0 aliphatic carbocycles. The molecule has 0 aliphatic heterocycles. The van der Waals surface area contributed by atoms with Crippen LogP contribution >= 0.6 is 11.6 Å². The molecule has 0 fully saturated rings. The smallest absolute Gasteiger partial charge is 0.242 e. The zero-order valence-corrected chi connectivity index (χ0v) is 18.3. The van der Waals surface area contributed by atoms with Gasteiger partial charge in [-0.25, -0.2) is 0 Å². The fourth-order valence-corrected chi connectivity index (χ4v) is 3.57. The van der Waals surface area contributed by atoms with Crippen molar-refractivity contribution in [1.82, 2.24) is 10.2 Å². The molecule has 0 radical (unpaired) electrons. The van der Waals surface area contributed by atoms with Crippen molar-refractivity contribution in [2.24, 2.45) is 0 Å². The number of hydrogen-bond acceptors (Lipinski definition) is 2. The number of halogens is 1. The first-order valence-corrected chi connectivity index (χ1v) is 10.7. The van der Waals surface area contributed by atoms with Crippen LogP contribution in [0.3, 0.4) is 0 Å². The Bertz CT molecular complexity index is 822. The van der Waals surface area contributed by atoms with Crippen molar-refractivity contribution in [1.29, 1.82) is 0 Å². The molecule has 2 aromatic rings. The van der Waals surface area contributed by atoms with Crippen LogP contribution in [-0.4, -0.2) is 29.3 Å².